The third kappa shape index (κ3) is 1.73. The summed E-state index contributed by atoms with van der Waals surface area (Å²) in [6.07, 6.45) is 0. The van der Waals surface area contributed by atoms with Crippen LogP contribution in [0.1, 0.15) is 28.4 Å². The molecule has 0 bridgehead atoms. The Hall–Kier alpha value is -1.69. The van der Waals surface area contributed by atoms with E-state index in [4.69, 9.17) is 5.26 Å². The second-order valence-corrected chi connectivity index (χ2v) is 2.82. The van der Waals surface area contributed by atoms with E-state index in [1.165, 1.54) is 13.0 Å². The van der Waals surface area contributed by atoms with Gasteiger partial charge in [0.25, 0.3) is 0 Å². The number of hydrogen-bond donors (Lipinski definition) is 0. The van der Waals surface area contributed by atoms with Gasteiger partial charge in [-0.1, -0.05) is 0 Å². The van der Waals surface area contributed by atoms with Crippen LogP contribution in [0.2, 0.25) is 0 Å². The smallest absolute Gasteiger partial charge is 0.159 e. The first-order chi connectivity index (χ1) is 6.06. The summed E-state index contributed by atoms with van der Waals surface area (Å²) in [4.78, 5) is 10.9. The number of nitriles is 1. The summed E-state index contributed by atoms with van der Waals surface area (Å²) in [5.41, 5.74) is 0.798. The molecule has 1 rings (SSSR count). The zero-order chi connectivity index (χ0) is 10.0. The highest BCUT2D eigenvalue weighted by molar-refractivity contribution is 5.94. The van der Waals surface area contributed by atoms with Crippen molar-refractivity contribution in [3.63, 3.8) is 0 Å². The molecule has 66 valence electrons. The van der Waals surface area contributed by atoms with Crippen molar-refractivity contribution < 1.29 is 9.18 Å². The first-order valence-electron chi connectivity index (χ1n) is 3.77. The third-order valence-electron chi connectivity index (χ3n) is 1.81. The summed E-state index contributed by atoms with van der Waals surface area (Å²) in [5.74, 6) is -0.834. The van der Waals surface area contributed by atoms with Crippen LogP contribution >= 0.6 is 0 Å². The lowest BCUT2D eigenvalue weighted by Crippen LogP contribution is -1.97. The Morgan fingerprint density at radius 1 is 1.54 bits per heavy atom. The minimum atomic E-state index is -0.632. The molecule has 0 amide bonds. The van der Waals surface area contributed by atoms with Gasteiger partial charge in [-0.3, -0.25) is 4.79 Å². The van der Waals surface area contributed by atoms with Gasteiger partial charge < -0.3 is 0 Å². The van der Waals surface area contributed by atoms with E-state index >= 15 is 0 Å². The lowest BCUT2D eigenvalue weighted by atomic mass is 10.0. The number of rotatable bonds is 1. The summed E-state index contributed by atoms with van der Waals surface area (Å²) >= 11 is 0. The molecule has 0 aliphatic rings. The fraction of sp³-hybridized carbons (Fsp3) is 0.200. The monoisotopic (exact) mass is 177 g/mol. The molecule has 0 unspecified atom stereocenters. The van der Waals surface area contributed by atoms with Crippen LogP contribution in [-0.2, 0) is 0 Å². The van der Waals surface area contributed by atoms with Crippen molar-refractivity contribution in [2.45, 2.75) is 13.8 Å². The molecule has 1 aromatic carbocycles. The van der Waals surface area contributed by atoms with Gasteiger partial charge in [0.1, 0.15) is 11.9 Å². The normalized spacial score (nSPS) is 9.38. The van der Waals surface area contributed by atoms with Crippen LogP contribution in [0, 0.1) is 24.1 Å². The zero-order valence-corrected chi connectivity index (χ0v) is 7.39. The van der Waals surface area contributed by atoms with E-state index < -0.39 is 5.82 Å². The van der Waals surface area contributed by atoms with Crippen molar-refractivity contribution >= 4 is 5.78 Å². The van der Waals surface area contributed by atoms with Gasteiger partial charge in [0.2, 0.25) is 0 Å². The third-order valence-corrected chi connectivity index (χ3v) is 1.81. The van der Waals surface area contributed by atoms with Crippen LogP contribution in [0.4, 0.5) is 4.39 Å². The average Bonchev–Trinajstić information content (AvgIpc) is 2.03. The number of Topliss-reactive ketones (excluding diaryl/α,β-unsaturated/α-hetero) is 1. The van der Waals surface area contributed by atoms with E-state index in [0.717, 1.165) is 6.07 Å². The average molecular weight is 177 g/mol. The van der Waals surface area contributed by atoms with Gasteiger partial charge in [-0.25, -0.2) is 4.39 Å². The van der Waals surface area contributed by atoms with Crippen LogP contribution in [0.3, 0.4) is 0 Å². The Bertz CT molecular complexity index is 381. The van der Waals surface area contributed by atoms with Crippen LogP contribution in [-0.4, -0.2) is 5.78 Å². The van der Waals surface area contributed by atoms with Gasteiger partial charge >= 0.3 is 0 Å². The standard InChI is InChI=1S/C10H8FNO/c1-6-3-8(7(2)13)4-10(11)9(6)5-12/h3-4H,1-2H3. The number of carbonyl (C=O) groups excluding carboxylic acids is 1. The Kier molecular flexibility index (Phi) is 2.43. The Morgan fingerprint density at radius 2 is 2.15 bits per heavy atom. The van der Waals surface area contributed by atoms with E-state index in [0.29, 0.717) is 11.1 Å². The maximum Gasteiger partial charge on any atom is 0.159 e. The van der Waals surface area contributed by atoms with Crippen LogP contribution in [0.15, 0.2) is 12.1 Å². The van der Waals surface area contributed by atoms with E-state index in [1.807, 2.05) is 0 Å². The molecule has 0 spiro atoms. The first kappa shape index (κ1) is 9.40. The Balaban J connectivity index is 3.39. The molecule has 0 atom stereocenters. The van der Waals surface area contributed by atoms with Crippen LogP contribution < -0.4 is 0 Å². The quantitative estimate of drug-likeness (QED) is 0.617. The van der Waals surface area contributed by atoms with Crippen molar-refractivity contribution in [1.29, 1.82) is 5.26 Å². The van der Waals surface area contributed by atoms with Crippen molar-refractivity contribution in [1.82, 2.24) is 0 Å². The number of nitrogens with zero attached hydrogens (tertiary/aromatic N) is 1. The molecular formula is C10H8FNO. The maximum atomic E-state index is 13.1. The van der Waals surface area contributed by atoms with Gasteiger partial charge in [-0.15, -0.1) is 0 Å². The number of carbonyl (C=O) groups is 1. The number of benzene rings is 1. The van der Waals surface area contributed by atoms with Crippen LogP contribution in [0.25, 0.3) is 0 Å². The Morgan fingerprint density at radius 3 is 2.54 bits per heavy atom. The van der Waals surface area contributed by atoms with E-state index in [9.17, 15) is 9.18 Å². The molecule has 0 aliphatic carbocycles. The lowest BCUT2D eigenvalue weighted by Gasteiger charge is -2.01. The fourth-order valence-corrected chi connectivity index (χ4v) is 1.09. The van der Waals surface area contributed by atoms with E-state index in [-0.39, 0.29) is 11.3 Å². The second kappa shape index (κ2) is 3.36. The maximum absolute atomic E-state index is 13.1. The number of ketones is 1. The molecule has 2 nitrogen and oxygen atoms in total. The molecule has 0 aliphatic heterocycles. The van der Waals surface area contributed by atoms with Crippen LogP contribution in [0.5, 0.6) is 0 Å². The molecule has 0 N–H and O–H groups in total. The molecule has 0 fully saturated rings. The summed E-state index contributed by atoms with van der Waals surface area (Å²) in [6, 6.07) is 4.35. The summed E-state index contributed by atoms with van der Waals surface area (Å²) in [6.45, 7) is 2.97. The van der Waals surface area contributed by atoms with Gasteiger partial charge in [-0.05, 0) is 31.5 Å². The number of halogens is 1. The molecule has 0 radical (unpaired) electrons. The van der Waals surface area contributed by atoms with Crippen molar-refractivity contribution in [3.8, 4) is 6.07 Å². The lowest BCUT2D eigenvalue weighted by molar-refractivity contribution is 0.101. The molecule has 13 heavy (non-hydrogen) atoms. The number of hydrogen-bond acceptors (Lipinski definition) is 2. The first-order valence-corrected chi connectivity index (χ1v) is 3.77. The molecule has 0 aromatic heterocycles. The van der Waals surface area contributed by atoms with Gasteiger partial charge in [0.05, 0.1) is 5.56 Å². The van der Waals surface area contributed by atoms with Gasteiger partial charge in [-0.2, -0.15) is 5.26 Å². The highest BCUT2D eigenvalue weighted by atomic mass is 19.1. The molecule has 3 heteroatoms. The topological polar surface area (TPSA) is 40.9 Å². The highest BCUT2D eigenvalue weighted by Gasteiger charge is 2.09. The molecule has 1 aromatic rings. The molecule has 0 heterocycles. The largest absolute Gasteiger partial charge is 0.295 e. The Labute approximate surface area is 75.6 Å². The molecule has 0 saturated carbocycles. The zero-order valence-electron chi connectivity index (χ0n) is 7.39. The highest BCUT2D eigenvalue weighted by Crippen LogP contribution is 2.15. The molecule has 0 saturated heterocycles. The minimum Gasteiger partial charge on any atom is -0.295 e. The van der Waals surface area contributed by atoms with Gasteiger partial charge in [0, 0.05) is 5.56 Å². The van der Waals surface area contributed by atoms with E-state index in [1.54, 1.807) is 13.0 Å². The predicted molar refractivity (Wildman–Crippen MR) is 45.9 cm³/mol. The van der Waals surface area contributed by atoms with E-state index in [2.05, 4.69) is 0 Å². The summed E-state index contributed by atoms with van der Waals surface area (Å²) < 4.78 is 13.1. The molecular weight excluding hydrogens is 169 g/mol. The number of aryl methyl sites for hydroxylation is 1. The van der Waals surface area contributed by atoms with Crippen molar-refractivity contribution in [3.05, 3.63) is 34.6 Å². The van der Waals surface area contributed by atoms with Gasteiger partial charge in [0.15, 0.2) is 5.78 Å². The second-order valence-electron chi connectivity index (χ2n) is 2.82. The fourth-order valence-electron chi connectivity index (χ4n) is 1.09. The SMILES string of the molecule is CC(=O)c1cc(C)c(C#N)c(F)c1. The minimum absolute atomic E-state index is 0.00463. The van der Waals surface area contributed by atoms with Crippen molar-refractivity contribution in [2.24, 2.45) is 0 Å². The van der Waals surface area contributed by atoms with Crippen molar-refractivity contribution in [2.75, 3.05) is 0 Å². The summed E-state index contributed by atoms with van der Waals surface area (Å²) in [5, 5.41) is 8.55. The summed E-state index contributed by atoms with van der Waals surface area (Å²) in [7, 11) is 0. The predicted octanol–water partition coefficient (Wildman–Crippen LogP) is 2.21.